The Morgan fingerprint density at radius 3 is 2.85 bits per heavy atom. The fourth-order valence-electron chi connectivity index (χ4n) is 0.808. The predicted octanol–water partition coefficient (Wildman–Crippen LogP) is 0.962. The summed E-state index contributed by atoms with van der Waals surface area (Å²) in [6.07, 6.45) is 4.95. The second-order valence-corrected chi connectivity index (χ2v) is 2.34. The molecule has 1 heterocycles. The summed E-state index contributed by atoms with van der Waals surface area (Å²) in [5.74, 6) is -0.148. The average Bonchev–Trinajstić information content (AvgIpc) is 2.15. The van der Waals surface area contributed by atoms with Crippen LogP contribution in [-0.2, 0) is 0 Å². The maximum absolute atomic E-state index is 10.2. The molecule has 1 aromatic heterocycles. The Morgan fingerprint density at radius 2 is 2.38 bits per heavy atom. The number of aromatic nitrogens is 1. The van der Waals surface area contributed by atoms with E-state index in [0.29, 0.717) is 6.54 Å². The van der Waals surface area contributed by atoms with E-state index in [9.17, 15) is 10.1 Å². The van der Waals surface area contributed by atoms with Gasteiger partial charge in [-0.05, 0) is 16.0 Å². The summed E-state index contributed by atoms with van der Waals surface area (Å²) in [5, 5.41) is 10.2. The van der Waals surface area contributed by atoms with Crippen LogP contribution in [0.5, 0.6) is 0 Å². The quantitative estimate of drug-likeness (QED) is 0.553. The maximum atomic E-state index is 10.2. The SMILES string of the molecule is NCC=Cc1ccc([N+](=O)[O-])nc1. The number of nitrogens with two attached hydrogens (primary N) is 1. The largest absolute Gasteiger partial charge is 0.363 e. The normalized spacial score (nSPS) is 10.5. The van der Waals surface area contributed by atoms with Gasteiger partial charge in [0.05, 0.1) is 0 Å². The van der Waals surface area contributed by atoms with Gasteiger partial charge in [0.1, 0.15) is 6.20 Å². The van der Waals surface area contributed by atoms with Crippen molar-refractivity contribution in [2.45, 2.75) is 0 Å². The van der Waals surface area contributed by atoms with Crippen LogP contribution in [0.2, 0.25) is 0 Å². The van der Waals surface area contributed by atoms with E-state index in [2.05, 4.69) is 4.98 Å². The van der Waals surface area contributed by atoms with Crippen molar-refractivity contribution < 1.29 is 4.92 Å². The predicted molar refractivity (Wildman–Crippen MR) is 49.0 cm³/mol. The molecule has 0 radical (unpaired) electrons. The topological polar surface area (TPSA) is 82.0 Å². The van der Waals surface area contributed by atoms with Crippen LogP contribution in [0.4, 0.5) is 5.82 Å². The minimum absolute atomic E-state index is 0.148. The van der Waals surface area contributed by atoms with Crippen molar-refractivity contribution in [2.24, 2.45) is 5.73 Å². The van der Waals surface area contributed by atoms with E-state index in [1.807, 2.05) is 0 Å². The second kappa shape index (κ2) is 4.32. The summed E-state index contributed by atoms with van der Waals surface area (Å²) in [7, 11) is 0. The smallest absolute Gasteiger partial charge is 0.358 e. The van der Waals surface area contributed by atoms with Gasteiger partial charge in [-0.15, -0.1) is 0 Å². The molecule has 5 heteroatoms. The molecule has 0 aliphatic rings. The zero-order valence-electron chi connectivity index (χ0n) is 6.88. The van der Waals surface area contributed by atoms with E-state index in [-0.39, 0.29) is 5.82 Å². The van der Waals surface area contributed by atoms with Gasteiger partial charge in [-0.3, -0.25) is 0 Å². The standard InChI is InChI=1S/C8H9N3O2/c9-5-1-2-7-3-4-8(10-6-7)11(12)13/h1-4,6H,5,9H2. The van der Waals surface area contributed by atoms with Gasteiger partial charge in [0, 0.05) is 18.2 Å². The number of pyridine rings is 1. The van der Waals surface area contributed by atoms with Crippen LogP contribution in [0.3, 0.4) is 0 Å². The van der Waals surface area contributed by atoms with Crippen molar-refractivity contribution in [2.75, 3.05) is 6.54 Å². The first-order valence-electron chi connectivity index (χ1n) is 3.71. The molecule has 1 rings (SSSR count). The lowest BCUT2D eigenvalue weighted by molar-refractivity contribution is -0.389. The number of hydrogen-bond donors (Lipinski definition) is 1. The van der Waals surface area contributed by atoms with Crippen molar-refractivity contribution in [3.8, 4) is 0 Å². The molecule has 0 aliphatic heterocycles. The minimum Gasteiger partial charge on any atom is -0.358 e. The van der Waals surface area contributed by atoms with Crippen LogP contribution in [0, 0.1) is 10.1 Å². The number of nitro groups is 1. The Labute approximate surface area is 75.0 Å². The summed E-state index contributed by atoms with van der Waals surface area (Å²) < 4.78 is 0. The van der Waals surface area contributed by atoms with Gasteiger partial charge in [0.15, 0.2) is 0 Å². The van der Waals surface area contributed by atoms with E-state index < -0.39 is 4.92 Å². The van der Waals surface area contributed by atoms with Gasteiger partial charge in [0.2, 0.25) is 0 Å². The van der Waals surface area contributed by atoms with E-state index in [4.69, 9.17) is 5.73 Å². The fourth-order valence-corrected chi connectivity index (χ4v) is 0.808. The van der Waals surface area contributed by atoms with E-state index >= 15 is 0 Å². The Morgan fingerprint density at radius 1 is 1.62 bits per heavy atom. The highest BCUT2D eigenvalue weighted by Gasteiger charge is 2.03. The molecule has 2 N–H and O–H groups in total. The molecule has 0 saturated heterocycles. The molecule has 0 atom stereocenters. The van der Waals surface area contributed by atoms with Gasteiger partial charge >= 0.3 is 5.82 Å². The minimum atomic E-state index is -0.531. The molecule has 0 amide bonds. The van der Waals surface area contributed by atoms with E-state index in [1.54, 1.807) is 18.2 Å². The first kappa shape index (κ1) is 9.34. The molecule has 0 aromatic carbocycles. The monoisotopic (exact) mass is 179 g/mol. The van der Waals surface area contributed by atoms with Crippen molar-refractivity contribution in [3.05, 3.63) is 40.1 Å². The van der Waals surface area contributed by atoms with Crippen molar-refractivity contribution in [1.82, 2.24) is 4.98 Å². The molecule has 0 aliphatic carbocycles. The van der Waals surface area contributed by atoms with Crippen molar-refractivity contribution >= 4 is 11.9 Å². The third-order valence-electron chi connectivity index (χ3n) is 1.40. The molecule has 0 saturated carbocycles. The highest BCUT2D eigenvalue weighted by atomic mass is 16.6. The number of rotatable bonds is 3. The van der Waals surface area contributed by atoms with Crippen LogP contribution < -0.4 is 5.73 Å². The Hall–Kier alpha value is -1.75. The Bertz CT molecular complexity index is 319. The summed E-state index contributed by atoms with van der Waals surface area (Å²) in [6, 6.07) is 2.98. The molecule has 0 unspecified atom stereocenters. The lowest BCUT2D eigenvalue weighted by Gasteiger charge is -1.91. The molecular formula is C8H9N3O2. The van der Waals surface area contributed by atoms with Gasteiger partial charge in [-0.2, -0.15) is 0 Å². The highest BCUT2D eigenvalue weighted by Crippen LogP contribution is 2.08. The molecule has 0 fully saturated rings. The van der Waals surface area contributed by atoms with Crippen LogP contribution in [-0.4, -0.2) is 16.5 Å². The first-order chi connectivity index (χ1) is 6.24. The summed E-state index contributed by atoms with van der Waals surface area (Å²) in [6.45, 7) is 0.441. The molecular weight excluding hydrogens is 170 g/mol. The number of nitrogens with zero attached hydrogens (tertiary/aromatic N) is 2. The molecule has 1 aromatic rings. The first-order valence-corrected chi connectivity index (χ1v) is 3.71. The third kappa shape index (κ3) is 2.64. The summed E-state index contributed by atoms with van der Waals surface area (Å²) in [5.41, 5.74) is 6.04. The van der Waals surface area contributed by atoms with Gasteiger partial charge in [-0.25, -0.2) is 0 Å². The molecule has 0 bridgehead atoms. The van der Waals surface area contributed by atoms with Gasteiger partial charge < -0.3 is 15.8 Å². The lowest BCUT2D eigenvalue weighted by Crippen LogP contribution is -1.93. The van der Waals surface area contributed by atoms with Crippen LogP contribution in [0.15, 0.2) is 24.4 Å². The zero-order chi connectivity index (χ0) is 9.68. The van der Waals surface area contributed by atoms with Crippen molar-refractivity contribution in [1.29, 1.82) is 0 Å². The van der Waals surface area contributed by atoms with Crippen LogP contribution >= 0.6 is 0 Å². The summed E-state index contributed by atoms with van der Waals surface area (Å²) >= 11 is 0. The Balaban J connectivity index is 2.81. The number of hydrogen-bond acceptors (Lipinski definition) is 4. The fraction of sp³-hybridized carbons (Fsp3) is 0.125. The van der Waals surface area contributed by atoms with Gasteiger partial charge in [0.25, 0.3) is 0 Å². The molecule has 0 spiro atoms. The average molecular weight is 179 g/mol. The van der Waals surface area contributed by atoms with Crippen molar-refractivity contribution in [3.63, 3.8) is 0 Å². The molecule has 13 heavy (non-hydrogen) atoms. The maximum Gasteiger partial charge on any atom is 0.363 e. The third-order valence-corrected chi connectivity index (χ3v) is 1.40. The van der Waals surface area contributed by atoms with E-state index in [0.717, 1.165) is 5.56 Å². The molecule has 5 nitrogen and oxygen atoms in total. The highest BCUT2D eigenvalue weighted by molar-refractivity contribution is 5.48. The second-order valence-electron chi connectivity index (χ2n) is 2.34. The lowest BCUT2D eigenvalue weighted by atomic mass is 10.2. The van der Waals surface area contributed by atoms with Gasteiger partial charge in [-0.1, -0.05) is 12.2 Å². The zero-order valence-corrected chi connectivity index (χ0v) is 6.88. The summed E-state index contributed by atoms with van der Waals surface area (Å²) in [4.78, 5) is 13.3. The van der Waals surface area contributed by atoms with Crippen LogP contribution in [0.1, 0.15) is 5.56 Å². The van der Waals surface area contributed by atoms with E-state index in [1.165, 1.54) is 12.3 Å². The molecule has 68 valence electrons. The van der Waals surface area contributed by atoms with Crippen LogP contribution in [0.25, 0.3) is 6.08 Å². The Kier molecular flexibility index (Phi) is 3.10.